The Morgan fingerprint density at radius 2 is 1.25 bits per heavy atom. The molecule has 0 heteroatoms. The first-order valence-electron chi connectivity index (χ1n) is 4.95. The van der Waals surface area contributed by atoms with E-state index in [0.717, 1.165) is 0 Å². The van der Waals surface area contributed by atoms with Gasteiger partial charge in [0.05, 0.1) is 0 Å². The molecule has 0 aromatic heterocycles. The van der Waals surface area contributed by atoms with Gasteiger partial charge >= 0.3 is 0 Å². The van der Waals surface area contributed by atoms with E-state index in [1.165, 1.54) is 25.7 Å². The Balaban J connectivity index is 3.20. The lowest BCUT2D eigenvalue weighted by Crippen LogP contribution is -1.92. The maximum atomic E-state index is 3.77. The number of hydrogen-bond donors (Lipinski definition) is 0. The van der Waals surface area contributed by atoms with Gasteiger partial charge in [-0.05, 0) is 24.7 Å². The predicted molar refractivity (Wildman–Crippen MR) is 57.2 cm³/mol. The monoisotopic (exact) mass is 166 g/mol. The van der Waals surface area contributed by atoms with Crippen LogP contribution in [0, 0.1) is 11.8 Å². The average molecular weight is 166 g/mol. The molecule has 0 aromatic rings. The van der Waals surface area contributed by atoms with Crippen molar-refractivity contribution in [1.29, 1.82) is 0 Å². The highest BCUT2D eigenvalue weighted by Crippen LogP contribution is 2.13. The summed E-state index contributed by atoms with van der Waals surface area (Å²) < 4.78 is 0. The third-order valence-corrected chi connectivity index (χ3v) is 2.37. The first kappa shape index (κ1) is 11.5. The van der Waals surface area contributed by atoms with Gasteiger partial charge in [-0.25, -0.2) is 0 Å². The Morgan fingerprint density at radius 3 is 1.50 bits per heavy atom. The molecule has 0 aliphatic carbocycles. The molecule has 0 radical (unpaired) electrons. The quantitative estimate of drug-likeness (QED) is 0.393. The molecule has 0 nitrogen and oxygen atoms in total. The zero-order valence-corrected chi connectivity index (χ0v) is 8.55. The molecule has 0 heterocycles. The molecular weight excluding hydrogens is 144 g/mol. The van der Waals surface area contributed by atoms with Gasteiger partial charge in [0.1, 0.15) is 0 Å². The summed E-state index contributed by atoms with van der Waals surface area (Å²) in [5, 5.41) is 0. The van der Waals surface area contributed by atoms with Gasteiger partial charge < -0.3 is 0 Å². The first-order chi connectivity index (χ1) is 5.70. The Morgan fingerprint density at radius 1 is 0.917 bits per heavy atom. The van der Waals surface area contributed by atoms with Crippen molar-refractivity contribution < 1.29 is 0 Å². The SMILES string of the molecule is C=CC(C)CCCCC(C)C=C. The molecule has 0 N–H and O–H groups in total. The average Bonchev–Trinajstić information content (AvgIpc) is 2.11. The molecule has 0 bridgehead atoms. The van der Waals surface area contributed by atoms with Crippen LogP contribution in [0.1, 0.15) is 39.5 Å². The van der Waals surface area contributed by atoms with E-state index in [9.17, 15) is 0 Å². The zero-order valence-electron chi connectivity index (χ0n) is 8.55. The van der Waals surface area contributed by atoms with E-state index in [2.05, 4.69) is 27.0 Å². The molecule has 0 rings (SSSR count). The third kappa shape index (κ3) is 6.21. The Bertz CT molecular complexity index is 108. The van der Waals surface area contributed by atoms with Crippen molar-refractivity contribution in [2.24, 2.45) is 11.8 Å². The lowest BCUT2D eigenvalue weighted by atomic mass is 9.99. The highest BCUT2D eigenvalue weighted by molar-refractivity contribution is 4.76. The van der Waals surface area contributed by atoms with Crippen molar-refractivity contribution in [1.82, 2.24) is 0 Å². The summed E-state index contributed by atoms with van der Waals surface area (Å²) >= 11 is 0. The minimum absolute atomic E-state index is 0.684. The molecule has 0 spiro atoms. The van der Waals surface area contributed by atoms with Crippen LogP contribution < -0.4 is 0 Å². The Labute approximate surface area is 77.4 Å². The summed E-state index contributed by atoms with van der Waals surface area (Å²) in [6, 6.07) is 0. The van der Waals surface area contributed by atoms with Gasteiger partial charge in [0.25, 0.3) is 0 Å². The van der Waals surface area contributed by atoms with Gasteiger partial charge in [0.15, 0.2) is 0 Å². The molecule has 0 aliphatic heterocycles. The molecule has 0 amide bonds. The molecule has 0 saturated carbocycles. The van der Waals surface area contributed by atoms with Crippen LogP contribution >= 0.6 is 0 Å². The van der Waals surface area contributed by atoms with Crippen molar-refractivity contribution in [3.63, 3.8) is 0 Å². The van der Waals surface area contributed by atoms with Gasteiger partial charge in [-0.1, -0.05) is 38.8 Å². The minimum Gasteiger partial charge on any atom is -0.103 e. The van der Waals surface area contributed by atoms with Crippen molar-refractivity contribution >= 4 is 0 Å². The third-order valence-electron chi connectivity index (χ3n) is 2.37. The topological polar surface area (TPSA) is 0 Å². The van der Waals surface area contributed by atoms with E-state index in [4.69, 9.17) is 0 Å². The van der Waals surface area contributed by atoms with Crippen molar-refractivity contribution in [3.05, 3.63) is 25.3 Å². The van der Waals surface area contributed by atoms with Crippen molar-refractivity contribution in [2.45, 2.75) is 39.5 Å². The molecule has 12 heavy (non-hydrogen) atoms. The molecule has 0 saturated heterocycles. The first-order valence-corrected chi connectivity index (χ1v) is 4.95. The minimum atomic E-state index is 0.684. The van der Waals surface area contributed by atoms with Crippen LogP contribution in [0.15, 0.2) is 25.3 Å². The van der Waals surface area contributed by atoms with Gasteiger partial charge in [-0.3, -0.25) is 0 Å². The molecule has 70 valence electrons. The Hall–Kier alpha value is -0.520. The summed E-state index contributed by atoms with van der Waals surface area (Å²) in [5.74, 6) is 1.37. The highest BCUT2D eigenvalue weighted by Gasteiger charge is 1.98. The smallest absolute Gasteiger partial charge is 0.0265 e. The molecule has 0 fully saturated rings. The van der Waals surface area contributed by atoms with E-state index in [-0.39, 0.29) is 0 Å². The fraction of sp³-hybridized carbons (Fsp3) is 0.667. The second-order valence-electron chi connectivity index (χ2n) is 3.71. The lowest BCUT2D eigenvalue weighted by Gasteiger charge is -2.07. The highest BCUT2D eigenvalue weighted by atomic mass is 14.0. The molecular formula is C12H22. The van der Waals surface area contributed by atoms with Crippen LogP contribution in [0.25, 0.3) is 0 Å². The van der Waals surface area contributed by atoms with Crippen LogP contribution in [0.5, 0.6) is 0 Å². The number of rotatable bonds is 7. The van der Waals surface area contributed by atoms with Crippen LogP contribution in [0.2, 0.25) is 0 Å². The fourth-order valence-electron chi connectivity index (χ4n) is 1.17. The number of allylic oxidation sites excluding steroid dienone is 2. The second kappa shape index (κ2) is 7.15. The van der Waals surface area contributed by atoms with Crippen molar-refractivity contribution in [3.8, 4) is 0 Å². The van der Waals surface area contributed by atoms with Gasteiger partial charge in [-0.2, -0.15) is 0 Å². The standard InChI is InChI=1S/C12H22/c1-5-11(3)9-7-8-10-12(4)6-2/h5-6,11-12H,1-2,7-10H2,3-4H3. The summed E-state index contributed by atoms with van der Waals surface area (Å²) in [7, 11) is 0. The van der Waals surface area contributed by atoms with Crippen LogP contribution in [-0.2, 0) is 0 Å². The number of unbranched alkanes of at least 4 members (excludes halogenated alkanes) is 1. The van der Waals surface area contributed by atoms with Gasteiger partial charge in [-0.15, -0.1) is 13.2 Å². The summed E-state index contributed by atoms with van der Waals surface area (Å²) in [4.78, 5) is 0. The van der Waals surface area contributed by atoms with Crippen LogP contribution in [0.4, 0.5) is 0 Å². The van der Waals surface area contributed by atoms with Gasteiger partial charge in [0, 0.05) is 0 Å². The largest absolute Gasteiger partial charge is 0.103 e. The van der Waals surface area contributed by atoms with Crippen LogP contribution in [0.3, 0.4) is 0 Å². The summed E-state index contributed by atoms with van der Waals surface area (Å²) in [6.07, 6.45) is 9.30. The Kier molecular flexibility index (Phi) is 6.84. The maximum absolute atomic E-state index is 3.77. The van der Waals surface area contributed by atoms with E-state index >= 15 is 0 Å². The molecule has 2 unspecified atom stereocenters. The predicted octanol–water partition coefficient (Wildman–Crippen LogP) is 4.19. The lowest BCUT2D eigenvalue weighted by molar-refractivity contribution is 0.526. The summed E-state index contributed by atoms with van der Waals surface area (Å²) in [6.45, 7) is 12.0. The molecule has 0 aliphatic rings. The van der Waals surface area contributed by atoms with E-state index < -0.39 is 0 Å². The zero-order chi connectivity index (χ0) is 9.40. The van der Waals surface area contributed by atoms with E-state index in [1.54, 1.807) is 0 Å². The van der Waals surface area contributed by atoms with E-state index in [0.29, 0.717) is 11.8 Å². The van der Waals surface area contributed by atoms with Gasteiger partial charge in [0.2, 0.25) is 0 Å². The van der Waals surface area contributed by atoms with Crippen LogP contribution in [-0.4, -0.2) is 0 Å². The molecule has 2 atom stereocenters. The normalized spacial score (nSPS) is 15.2. The fourth-order valence-corrected chi connectivity index (χ4v) is 1.17. The summed E-state index contributed by atoms with van der Waals surface area (Å²) in [5.41, 5.74) is 0. The second-order valence-corrected chi connectivity index (χ2v) is 3.71. The molecule has 0 aromatic carbocycles. The van der Waals surface area contributed by atoms with Crippen molar-refractivity contribution in [2.75, 3.05) is 0 Å². The van der Waals surface area contributed by atoms with E-state index in [1.807, 2.05) is 12.2 Å². The maximum Gasteiger partial charge on any atom is -0.0265 e. The number of hydrogen-bond acceptors (Lipinski definition) is 0.